The first-order valence-electron chi connectivity index (χ1n) is 7.30. The van der Waals surface area contributed by atoms with Crippen LogP contribution in [0, 0.1) is 11.7 Å². The second-order valence-corrected chi connectivity index (χ2v) is 6.16. The van der Waals surface area contributed by atoms with Gasteiger partial charge in [0.05, 0.1) is 0 Å². The summed E-state index contributed by atoms with van der Waals surface area (Å²) in [6.45, 7) is 0.289. The maximum absolute atomic E-state index is 13.7. The van der Waals surface area contributed by atoms with Gasteiger partial charge in [-0.25, -0.2) is 4.39 Å². The van der Waals surface area contributed by atoms with Crippen LogP contribution < -0.4 is 0 Å². The molecule has 22 heavy (non-hydrogen) atoms. The lowest BCUT2D eigenvalue weighted by Gasteiger charge is -2.18. The molecule has 0 saturated heterocycles. The fourth-order valence-corrected chi connectivity index (χ4v) is 3.11. The summed E-state index contributed by atoms with van der Waals surface area (Å²) in [5.41, 5.74) is 1.56. The third kappa shape index (κ3) is 3.00. The van der Waals surface area contributed by atoms with E-state index in [1.807, 2.05) is 24.3 Å². The molecule has 1 aliphatic rings. The normalized spacial score (nSPS) is 19.8. The molecule has 0 N–H and O–H groups in total. The van der Waals surface area contributed by atoms with Crippen LogP contribution in [0.1, 0.15) is 23.5 Å². The van der Waals surface area contributed by atoms with Crippen molar-refractivity contribution in [2.75, 3.05) is 7.05 Å². The first-order chi connectivity index (χ1) is 10.6. The lowest BCUT2D eigenvalue weighted by Crippen LogP contribution is -2.28. The van der Waals surface area contributed by atoms with E-state index in [-0.39, 0.29) is 30.1 Å². The quantitative estimate of drug-likeness (QED) is 0.826. The minimum Gasteiger partial charge on any atom is -0.341 e. The molecule has 2 aromatic carbocycles. The van der Waals surface area contributed by atoms with Crippen LogP contribution >= 0.6 is 11.6 Å². The Kier molecular flexibility index (Phi) is 4.16. The summed E-state index contributed by atoms with van der Waals surface area (Å²) in [7, 11) is 1.72. The van der Waals surface area contributed by atoms with Crippen LogP contribution in [0.3, 0.4) is 0 Å². The summed E-state index contributed by atoms with van der Waals surface area (Å²) in [6, 6.07) is 14.2. The van der Waals surface area contributed by atoms with E-state index in [1.54, 1.807) is 30.1 Å². The molecule has 0 spiro atoms. The molecule has 2 unspecified atom stereocenters. The summed E-state index contributed by atoms with van der Waals surface area (Å²) in [5, 5.41) is 0.708. The van der Waals surface area contributed by atoms with Gasteiger partial charge in [-0.3, -0.25) is 4.79 Å². The Balaban J connectivity index is 1.66. The van der Waals surface area contributed by atoms with Gasteiger partial charge < -0.3 is 4.90 Å². The molecule has 2 nitrogen and oxygen atoms in total. The highest BCUT2D eigenvalue weighted by molar-refractivity contribution is 6.31. The van der Waals surface area contributed by atoms with Crippen molar-refractivity contribution in [2.24, 2.45) is 5.92 Å². The first-order valence-corrected chi connectivity index (χ1v) is 7.68. The average Bonchev–Trinajstić information content (AvgIpc) is 3.29. The number of benzene rings is 2. The Morgan fingerprint density at radius 1 is 1.23 bits per heavy atom. The molecule has 4 heteroatoms. The van der Waals surface area contributed by atoms with E-state index in [1.165, 1.54) is 6.07 Å². The molecule has 3 rings (SSSR count). The standard InChI is InChI=1S/C18H17ClFNO/c1-21(11-12-6-2-5-9-17(12)20)18(22)15-10-14(15)13-7-3-4-8-16(13)19/h2-9,14-15H,10-11H2,1H3. The molecule has 0 heterocycles. The second-order valence-electron chi connectivity index (χ2n) is 5.76. The smallest absolute Gasteiger partial charge is 0.226 e. The van der Waals surface area contributed by atoms with Crippen LogP contribution in [0.4, 0.5) is 4.39 Å². The zero-order chi connectivity index (χ0) is 15.7. The van der Waals surface area contributed by atoms with Gasteiger partial charge in [0.2, 0.25) is 5.91 Å². The Morgan fingerprint density at radius 3 is 2.64 bits per heavy atom. The molecule has 2 aromatic rings. The number of carbonyl (C=O) groups excluding carboxylic acids is 1. The van der Waals surface area contributed by atoms with Crippen LogP contribution in [0.2, 0.25) is 5.02 Å². The lowest BCUT2D eigenvalue weighted by atomic mass is 10.1. The number of amides is 1. The van der Waals surface area contributed by atoms with E-state index in [4.69, 9.17) is 11.6 Å². The lowest BCUT2D eigenvalue weighted by molar-refractivity contribution is -0.131. The third-order valence-corrected chi connectivity index (χ3v) is 4.50. The van der Waals surface area contributed by atoms with Crippen molar-refractivity contribution in [1.82, 2.24) is 4.90 Å². The zero-order valence-electron chi connectivity index (χ0n) is 12.3. The number of carbonyl (C=O) groups is 1. The van der Waals surface area contributed by atoms with E-state index in [2.05, 4.69) is 0 Å². The van der Waals surface area contributed by atoms with Gasteiger partial charge in [-0.05, 0) is 30.0 Å². The van der Waals surface area contributed by atoms with Crippen LogP contribution in [0.5, 0.6) is 0 Å². The van der Waals surface area contributed by atoms with Crippen LogP contribution in [-0.2, 0) is 11.3 Å². The van der Waals surface area contributed by atoms with Gasteiger partial charge in [-0.15, -0.1) is 0 Å². The maximum atomic E-state index is 13.7. The van der Waals surface area contributed by atoms with Gasteiger partial charge in [-0.2, -0.15) is 0 Å². The minimum absolute atomic E-state index is 0.0447. The number of hydrogen-bond donors (Lipinski definition) is 0. The van der Waals surface area contributed by atoms with E-state index in [0.717, 1.165) is 12.0 Å². The van der Waals surface area contributed by atoms with Crippen molar-refractivity contribution in [1.29, 1.82) is 0 Å². The van der Waals surface area contributed by atoms with Crippen molar-refractivity contribution in [2.45, 2.75) is 18.9 Å². The predicted molar refractivity (Wildman–Crippen MR) is 85.2 cm³/mol. The Bertz CT molecular complexity index is 699. The van der Waals surface area contributed by atoms with E-state index in [9.17, 15) is 9.18 Å². The summed E-state index contributed by atoms with van der Waals surface area (Å²) in [6.07, 6.45) is 0.810. The summed E-state index contributed by atoms with van der Waals surface area (Å²) < 4.78 is 13.7. The molecule has 0 aliphatic heterocycles. The van der Waals surface area contributed by atoms with Gasteiger partial charge in [0.1, 0.15) is 5.82 Å². The Morgan fingerprint density at radius 2 is 1.91 bits per heavy atom. The summed E-state index contributed by atoms with van der Waals surface area (Å²) in [4.78, 5) is 14.1. The molecule has 114 valence electrons. The van der Waals surface area contributed by atoms with Crippen molar-refractivity contribution in [3.05, 3.63) is 70.5 Å². The molecule has 2 atom stereocenters. The molecule has 1 amide bonds. The highest BCUT2D eigenvalue weighted by Crippen LogP contribution is 2.50. The van der Waals surface area contributed by atoms with Crippen molar-refractivity contribution in [3.8, 4) is 0 Å². The molecule has 0 radical (unpaired) electrons. The van der Waals surface area contributed by atoms with Gasteiger partial charge in [-0.1, -0.05) is 48.0 Å². The number of nitrogens with zero attached hydrogens (tertiary/aromatic N) is 1. The average molecular weight is 318 g/mol. The van der Waals surface area contributed by atoms with Crippen LogP contribution in [0.25, 0.3) is 0 Å². The third-order valence-electron chi connectivity index (χ3n) is 4.15. The van der Waals surface area contributed by atoms with Crippen molar-refractivity contribution >= 4 is 17.5 Å². The molecular weight excluding hydrogens is 301 g/mol. The molecular formula is C18H17ClFNO. The highest BCUT2D eigenvalue weighted by atomic mass is 35.5. The second kappa shape index (κ2) is 6.09. The minimum atomic E-state index is -0.277. The van der Waals surface area contributed by atoms with Crippen LogP contribution in [-0.4, -0.2) is 17.9 Å². The van der Waals surface area contributed by atoms with Crippen molar-refractivity contribution in [3.63, 3.8) is 0 Å². The SMILES string of the molecule is CN(Cc1ccccc1F)C(=O)C1CC1c1ccccc1Cl. The highest BCUT2D eigenvalue weighted by Gasteiger charge is 2.45. The topological polar surface area (TPSA) is 20.3 Å². The molecule has 0 bridgehead atoms. The fourth-order valence-electron chi connectivity index (χ4n) is 2.83. The molecule has 1 fully saturated rings. The summed E-state index contributed by atoms with van der Waals surface area (Å²) in [5.74, 6) is -0.0882. The zero-order valence-corrected chi connectivity index (χ0v) is 13.1. The molecule has 0 aromatic heterocycles. The first kappa shape index (κ1) is 15.0. The number of hydrogen-bond acceptors (Lipinski definition) is 1. The van der Waals surface area contributed by atoms with Crippen LogP contribution in [0.15, 0.2) is 48.5 Å². The van der Waals surface area contributed by atoms with E-state index in [0.29, 0.717) is 10.6 Å². The van der Waals surface area contributed by atoms with Gasteiger partial charge in [0.15, 0.2) is 0 Å². The largest absolute Gasteiger partial charge is 0.341 e. The van der Waals surface area contributed by atoms with Gasteiger partial charge >= 0.3 is 0 Å². The molecule has 1 saturated carbocycles. The number of halogens is 2. The number of rotatable bonds is 4. The van der Waals surface area contributed by atoms with E-state index < -0.39 is 0 Å². The summed E-state index contributed by atoms with van der Waals surface area (Å²) >= 11 is 6.18. The Labute approximate surface area is 134 Å². The van der Waals surface area contributed by atoms with E-state index >= 15 is 0 Å². The van der Waals surface area contributed by atoms with Gasteiger partial charge in [0, 0.05) is 30.1 Å². The Hall–Kier alpha value is -1.87. The molecule has 1 aliphatic carbocycles. The maximum Gasteiger partial charge on any atom is 0.226 e. The fraction of sp³-hybridized carbons (Fsp3) is 0.278. The van der Waals surface area contributed by atoms with Crippen molar-refractivity contribution < 1.29 is 9.18 Å². The predicted octanol–water partition coefficient (Wildman–Crippen LogP) is 4.24. The monoisotopic (exact) mass is 317 g/mol. The van der Waals surface area contributed by atoms with Gasteiger partial charge in [0.25, 0.3) is 0 Å².